The first-order valence-electron chi connectivity index (χ1n) is 6.62. The summed E-state index contributed by atoms with van der Waals surface area (Å²) in [5, 5.41) is 3.73. The molecule has 2 unspecified atom stereocenters. The van der Waals surface area contributed by atoms with E-state index < -0.39 is 0 Å². The van der Waals surface area contributed by atoms with Crippen molar-refractivity contribution >= 4 is 0 Å². The highest BCUT2D eigenvalue weighted by Crippen LogP contribution is 2.19. The maximum atomic E-state index is 3.73. The summed E-state index contributed by atoms with van der Waals surface area (Å²) in [5.74, 6) is 0. The van der Waals surface area contributed by atoms with E-state index in [0.717, 1.165) is 12.1 Å². The van der Waals surface area contributed by atoms with Gasteiger partial charge in [0, 0.05) is 12.1 Å². The molecule has 0 bridgehead atoms. The number of hydrogen-bond acceptors (Lipinski definition) is 1. The summed E-state index contributed by atoms with van der Waals surface area (Å²) in [6.07, 6.45) is 12.7. The van der Waals surface area contributed by atoms with E-state index in [-0.39, 0.29) is 0 Å². The van der Waals surface area contributed by atoms with E-state index in [1.54, 1.807) is 0 Å². The van der Waals surface area contributed by atoms with Crippen molar-refractivity contribution in [3.8, 4) is 0 Å². The molecule has 0 aliphatic carbocycles. The van der Waals surface area contributed by atoms with Gasteiger partial charge in [-0.05, 0) is 25.7 Å². The molecule has 0 spiro atoms. The van der Waals surface area contributed by atoms with Crippen LogP contribution < -0.4 is 5.32 Å². The van der Waals surface area contributed by atoms with Gasteiger partial charge in [-0.3, -0.25) is 0 Å². The summed E-state index contributed by atoms with van der Waals surface area (Å²) in [5.41, 5.74) is 0. The van der Waals surface area contributed by atoms with Crippen LogP contribution in [0.3, 0.4) is 0 Å². The van der Waals surface area contributed by atoms with Crippen molar-refractivity contribution in [1.82, 2.24) is 5.32 Å². The van der Waals surface area contributed by atoms with E-state index in [9.17, 15) is 0 Å². The highest BCUT2D eigenvalue weighted by Gasteiger charge is 2.20. The lowest BCUT2D eigenvalue weighted by atomic mass is 10.1. The van der Waals surface area contributed by atoms with Crippen LogP contribution in [0.2, 0.25) is 0 Å². The van der Waals surface area contributed by atoms with Gasteiger partial charge >= 0.3 is 0 Å². The minimum Gasteiger partial charge on any atom is -0.311 e. The fraction of sp³-hybridized carbons (Fsp3) is 1.00. The molecule has 1 nitrogen and oxygen atoms in total. The maximum absolute atomic E-state index is 3.73. The third kappa shape index (κ3) is 4.45. The normalized spacial score (nSPS) is 27.0. The topological polar surface area (TPSA) is 12.0 Å². The molecule has 84 valence electrons. The SMILES string of the molecule is CCCCCCCC1CCC(CC)N1. The minimum atomic E-state index is 0.829. The molecular formula is C13H27N. The molecule has 0 aromatic carbocycles. The van der Waals surface area contributed by atoms with Crippen LogP contribution in [0, 0.1) is 0 Å². The monoisotopic (exact) mass is 197 g/mol. The fourth-order valence-electron chi connectivity index (χ4n) is 2.45. The second kappa shape index (κ2) is 7.28. The largest absolute Gasteiger partial charge is 0.311 e. The zero-order valence-corrected chi connectivity index (χ0v) is 10.0. The van der Waals surface area contributed by atoms with Crippen LogP contribution in [0.4, 0.5) is 0 Å². The predicted molar refractivity (Wildman–Crippen MR) is 63.6 cm³/mol. The number of unbranched alkanes of at least 4 members (excludes halogenated alkanes) is 4. The van der Waals surface area contributed by atoms with Crippen LogP contribution >= 0.6 is 0 Å². The van der Waals surface area contributed by atoms with E-state index in [1.165, 1.54) is 57.8 Å². The maximum Gasteiger partial charge on any atom is 0.00702 e. The molecular weight excluding hydrogens is 170 g/mol. The first kappa shape index (κ1) is 12.0. The second-order valence-electron chi connectivity index (χ2n) is 4.75. The molecule has 0 saturated carbocycles. The molecule has 1 N–H and O–H groups in total. The van der Waals surface area contributed by atoms with Crippen molar-refractivity contribution in [1.29, 1.82) is 0 Å². The van der Waals surface area contributed by atoms with Crippen LogP contribution in [-0.4, -0.2) is 12.1 Å². The van der Waals surface area contributed by atoms with Gasteiger partial charge in [0.25, 0.3) is 0 Å². The van der Waals surface area contributed by atoms with Crippen molar-refractivity contribution in [3.63, 3.8) is 0 Å². The lowest BCUT2D eigenvalue weighted by Crippen LogP contribution is -2.28. The predicted octanol–water partition coefficient (Wildman–Crippen LogP) is 3.88. The molecule has 1 aliphatic heterocycles. The molecule has 1 fully saturated rings. The first-order valence-corrected chi connectivity index (χ1v) is 6.62. The molecule has 0 amide bonds. The Kier molecular flexibility index (Phi) is 6.25. The van der Waals surface area contributed by atoms with Crippen molar-refractivity contribution < 1.29 is 0 Å². The van der Waals surface area contributed by atoms with Crippen LogP contribution in [0.15, 0.2) is 0 Å². The van der Waals surface area contributed by atoms with Gasteiger partial charge in [0.15, 0.2) is 0 Å². The second-order valence-corrected chi connectivity index (χ2v) is 4.75. The van der Waals surface area contributed by atoms with E-state index >= 15 is 0 Å². The number of rotatable bonds is 7. The summed E-state index contributed by atoms with van der Waals surface area (Å²) in [7, 11) is 0. The Morgan fingerprint density at radius 2 is 1.64 bits per heavy atom. The van der Waals surface area contributed by atoms with E-state index in [4.69, 9.17) is 0 Å². The lowest BCUT2D eigenvalue weighted by molar-refractivity contribution is 0.476. The molecule has 1 aliphatic rings. The van der Waals surface area contributed by atoms with E-state index in [0.29, 0.717) is 0 Å². The van der Waals surface area contributed by atoms with Gasteiger partial charge in [0.2, 0.25) is 0 Å². The fourth-order valence-corrected chi connectivity index (χ4v) is 2.45. The molecule has 1 saturated heterocycles. The average molecular weight is 197 g/mol. The van der Waals surface area contributed by atoms with E-state index in [1.807, 2.05) is 0 Å². The zero-order chi connectivity index (χ0) is 10.2. The Morgan fingerprint density at radius 3 is 2.29 bits per heavy atom. The van der Waals surface area contributed by atoms with Gasteiger partial charge in [-0.25, -0.2) is 0 Å². The third-order valence-corrected chi connectivity index (χ3v) is 3.48. The molecule has 1 heterocycles. The molecule has 0 radical (unpaired) electrons. The van der Waals surface area contributed by atoms with Crippen molar-refractivity contribution in [2.24, 2.45) is 0 Å². The Bertz CT molecular complexity index is 133. The molecule has 0 aromatic rings. The lowest BCUT2D eigenvalue weighted by Gasteiger charge is -2.12. The summed E-state index contributed by atoms with van der Waals surface area (Å²) < 4.78 is 0. The van der Waals surface area contributed by atoms with Gasteiger partial charge in [0.1, 0.15) is 0 Å². The number of nitrogens with one attached hydrogen (secondary N) is 1. The standard InChI is InChI=1S/C13H27N/c1-3-5-6-7-8-9-13-11-10-12(4-2)14-13/h12-14H,3-11H2,1-2H3. The van der Waals surface area contributed by atoms with Gasteiger partial charge < -0.3 is 5.32 Å². The summed E-state index contributed by atoms with van der Waals surface area (Å²) >= 11 is 0. The van der Waals surface area contributed by atoms with E-state index in [2.05, 4.69) is 19.2 Å². The smallest absolute Gasteiger partial charge is 0.00702 e. The van der Waals surface area contributed by atoms with Gasteiger partial charge in [0.05, 0.1) is 0 Å². The van der Waals surface area contributed by atoms with Crippen LogP contribution in [-0.2, 0) is 0 Å². The average Bonchev–Trinajstić information content (AvgIpc) is 2.65. The highest BCUT2D eigenvalue weighted by atomic mass is 15.0. The first-order chi connectivity index (χ1) is 6.86. The van der Waals surface area contributed by atoms with Gasteiger partial charge in [-0.1, -0.05) is 46.0 Å². The quantitative estimate of drug-likeness (QED) is 0.611. The van der Waals surface area contributed by atoms with Gasteiger partial charge in [-0.15, -0.1) is 0 Å². The summed E-state index contributed by atoms with van der Waals surface area (Å²) in [4.78, 5) is 0. The minimum absolute atomic E-state index is 0.829. The van der Waals surface area contributed by atoms with Gasteiger partial charge in [-0.2, -0.15) is 0 Å². The van der Waals surface area contributed by atoms with Crippen molar-refractivity contribution in [3.05, 3.63) is 0 Å². The highest BCUT2D eigenvalue weighted by molar-refractivity contribution is 4.82. The molecule has 2 atom stereocenters. The summed E-state index contributed by atoms with van der Waals surface area (Å²) in [6, 6.07) is 1.68. The van der Waals surface area contributed by atoms with Crippen LogP contribution in [0.5, 0.6) is 0 Å². The zero-order valence-electron chi connectivity index (χ0n) is 10.0. The third-order valence-electron chi connectivity index (χ3n) is 3.48. The Hall–Kier alpha value is -0.0400. The van der Waals surface area contributed by atoms with Crippen molar-refractivity contribution in [2.45, 2.75) is 83.7 Å². The Labute approximate surface area is 89.7 Å². The molecule has 14 heavy (non-hydrogen) atoms. The summed E-state index contributed by atoms with van der Waals surface area (Å²) in [6.45, 7) is 4.58. The Morgan fingerprint density at radius 1 is 0.929 bits per heavy atom. The molecule has 1 heteroatoms. The number of hydrogen-bond donors (Lipinski definition) is 1. The van der Waals surface area contributed by atoms with Crippen LogP contribution in [0.25, 0.3) is 0 Å². The van der Waals surface area contributed by atoms with Crippen molar-refractivity contribution in [2.75, 3.05) is 0 Å². The Balaban J connectivity index is 1.92. The van der Waals surface area contributed by atoms with Crippen LogP contribution in [0.1, 0.15) is 71.6 Å². The molecule has 0 aromatic heterocycles. The molecule has 1 rings (SSSR count).